The number of hydrogen-bond acceptors (Lipinski definition) is 2. The van der Waals surface area contributed by atoms with Crippen molar-refractivity contribution in [2.75, 3.05) is 0 Å². The molecule has 11 heavy (non-hydrogen) atoms. The van der Waals surface area contributed by atoms with Crippen molar-refractivity contribution in [1.82, 2.24) is 4.98 Å². The van der Waals surface area contributed by atoms with E-state index in [1.807, 2.05) is 42.1 Å². The number of halogens is 2. The van der Waals surface area contributed by atoms with Gasteiger partial charge in [-0.05, 0) is 24.6 Å². The van der Waals surface area contributed by atoms with E-state index in [0.717, 1.165) is 11.3 Å². The van der Waals surface area contributed by atoms with E-state index in [9.17, 15) is 0 Å². The van der Waals surface area contributed by atoms with E-state index in [4.69, 9.17) is 14.7 Å². The van der Waals surface area contributed by atoms with E-state index in [0.29, 0.717) is 11.8 Å². The summed E-state index contributed by atoms with van der Waals surface area (Å²) >= 11 is 7.55. The quantitative estimate of drug-likeness (QED) is 0.615. The minimum absolute atomic E-state index is 0.502. The molecule has 1 aromatic heterocycles. The molecule has 0 amide bonds. The summed E-state index contributed by atoms with van der Waals surface area (Å²) in [5.41, 5.74) is 1.97. The number of nitrogens with zero attached hydrogens (tertiary/aromatic N) is 1. The molecule has 0 spiro atoms. The van der Waals surface area contributed by atoms with Gasteiger partial charge in [0.1, 0.15) is 34.8 Å². The topological polar surface area (TPSA) is 22.1 Å². The smallest absolute Gasteiger partial charge is 0.129 e. The average Bonchev–Trinajstić information content (AvgIpc) is 1.85. The van der Waals surface area contributed by atoms with Crippen molar-refractivity contribution in [3.63, 3.8) is 0 Å². The summed E-state index contributed by atoms with van der Waals surface area (Å²) in [5, 5.41) is 0.522. The predicted octanol–water partition coefficient (Wildman–Crippen LogP) is 2.91. The van der Waals surface area contributed by atoms with Crippen molar-refractivity contribution >= 4 is 34.6 Å². The Hall–Kier alpha value is 0.130. The molecule has 0 N–H and O–H groups in total. The van der Waals surface area contributed by atoms with Gasteiger partial charge in [0.05, 0.1) is 5.69 Å². The van der Waals surface area contributed by atoms with E-state index in [1.165, 1.54) is 0 Å². The molecule has 0 saturated heterocycles. The van der Waals surface area contributed by atoms with Crippen LogP contribution in [0.5, 0.6) is 0 Å². The molecule has 1 heterocycles. The summed E-state index contributed by atoms with van der Waals surface area (Å²) in [5.74, 6) is 0. The zero-order valence-electron chi connectivity index (χ0n) is 5.97. The molecule has 0 fully saturated rings. The van der Waals surface area contributed by atoms with Gasteiger partial charge in [0, 0.05) is 0 Å². The van der Waals surface area contributed by atoms with Gasteiger partial charge in [-0.2, -0.15) is 0 Å². The Bertz CT molecular complexity index is 234. The van der Waals surface area contributed by atoms with Crippen LogP contribution in [0.25, 0.3) is 0 Å². The minimum atomic E-state index is 0.502. The lowest BCUT2D eigenvalue weighted by atomic mass is 10.2. The second kappa shape index (κ2) is 4.23. The van der Waals surface area contributed by atoms with Gasteiger partial charge >= 0.3 is 0 Å². The molecule has 0 bridgehead atoms. The first-order chi connectivity index (χ1) is 5.22. The Kier molecular flexibility index (Phi) is 3.54. The van der Waals surface area contributed by atoms with Gasteiger partial charge in [-0.15, -0.1) is 0 Å². The van der Waals surface area contributed by atoms with Crippen LogP contribution in [0.4, 0.5) is 0 Å². The fourth-order valence-electron chi connectivity index (χ4n) is 0.824. The monoisotopic (exact) mass is 283 g/mol. The van der Waals surface area contributed by atoms with E-state index in [1.54, 1.807) is 0 Å². The number of hydrogen-bond donors (Lipinski definition) is 0. The molecule has 0 aliphatic carbocycles. The van der Waals surface area contributed by atoms with Crippen LogP contribution < -0.4 is 0 Å². The summed E-state index contributed by atoms with van der Waals surface area (Å²) in [7, 11) is 0. The van der Waals surface area contributed by atoms with Crippen molar-refractivity contribution in [2.45, 2.75) is 13.5 Å². The number of rotatable bonds is 2. The summed E-state index contributed by atoms with van der Waals surface area (Å²) in [6.07, 6.45) is 0. The Balaban J connectivity index is 2.89. The van der Waals surface area contributed by atoms with Crippen LogP contribution in [0.2, 0.25) is 5.15 Å². The maximum atomic E-state index is 5.72. The lowest BCUT2D eigenvalue weighted by Crippen LogP contribution is -1.90. The van der Waals surface area contributed by atoms with Crippen molar-refractivity contribution in [3.05, 3.63) is 28.5 Å². The molecule has 2 nitrogen and oxygen atoms in total. The zero-order valence-corrected chi connectivity index (χ0v) is 8.89. The van der Waals surface area contributed by atoms with Crippen molar-refractivity contribution in [3.8, 4) is 0 Å². The fraction of sp³-hybridized carbons (Fsp3) is 0.286. The van der Waals surface area contributed by atoms with E-state index in [2.05, 4.69) is 4.98 Å². The highest BCUT2D eigenvalue weighted by Gasteiger charge is 1.97. The van der Waals surface area contributed by atoms with Crippen molar-refractivity contribution in [2.24, 2.45) is 0 Å². The predicted molar refractivity (Wildman–Crippen MR) is 52.8 cm³/mol. The normalized spacial score (nSPS) is 10.1. The van der Waals surface area contributed by atoms with Crippen LogP contribution >= 0.6 is 34.6 Å². The Labute approximate surface area is 84.6 Å². The summed E-state index contributed by atoms with van der Waals surface area (Å²) in [6.45, 7) is 2.48. The zero-order chi connectivity index (χ0) is 8.27. The lowest BCUT2D eigenvalue weighted by molar-refractivity contribution is 0.410. The van der Waals surface area contributed by atoms with Gasteiger partial charge in [0.15, 0.2) is 0 Å². The Morgan fingerprint density at radius 3 is 2.91 bits per heavy atom. The van der Waals surface area contributed by atoms with Crippen LogP contribution in [0.15, 0.2) is 12.1 Å². The number of aromatic nitrogens is 1. The largest absolute Gasteiger partial charge is 0.309 e. The van der Waals surface area contributed by atoms with Gasteiger partial charge in [-0.3, -0.25) is 0 Å². The molecule has 0 radical (unpaired) electrons. The van der Waals surface area contributed by atoms with Gasteiger partial charge in [-0.25, -0.2) is 4.98 Å². The molecule has 1 rings (SSSR count). The van der Waals surface area contributed by atoms with Crippen molar-refractivity contribution in [1.29, 1.82) is 0 Å². The summed E-state index contributed by atoms with van der Waals surface area (Å²) in [6, 6.07) is 3.77. The van der Waals surface area contributed by atoms with E-state index in [-0.39, 0.29) is 0 Å². The third-order valence-electron chi connectivity index (χ3n) is 1.19. The summed E-state index contributed by atoms with van der Waals surface area (Å²) in [4.78, 5) is 4.06. The molecule has 4 heteroatoms. The molecule has 0 saturated carbocycles. The van der Waals surface area contributed by atoms with Crippen LogP contribution in [0.1, 0.15) is 11.3 Å². The third kappa shape index (κ3) is 2.92. The number of aryl methyl sites for hydroxylation is 1. The maximum absolute atomic E-state index is 5.72. The van der Waals surface area contributed by atoms with E-state index >= 15 is 0 Å². The second-order valence-corrected chi connectivity index (χ2v) is 3.22. The first-order valence-electron chi connectivity index (χ1n) is 3.09. The molecule has 0 aliphatic heterocycles. The fourth-order valence-corrected chi connectivity index (χ4v) is 1.42. The molecular weight excluding hydrogens is 276 g/mol. The Morgan fingerprint density at radius 1 is 1.64 bits per heavy atom. The third-order valence-corrected chi connectivity index (χ3v) is 1.70. The first kappa shape index (κ1) is 9.22. The molecule has 60 valence electrons. The highest BCUT2D eigenvalue weighted by atomic mass is 127. The molecule has 1 aromatic rings. The Morgan fingerprint density at radius 2 is 2.36 bits per heavy atom. The van der Waals surface area contributed by atoms with E-state index < -0.39 is 0 Å². The highest BCUT2D eigenvalue weighted by Crippen LogP contribution is 2.11. The molecule has 0 aliphatic rings. The molecule has 0 unspecified atom stereocenters. The maximum Gasteiger partial charge on any atom is 0.129 e. The second-order valence-electron chi connectivity index (χ2n) is 2.21. The van der Waals surface area contributed by atoms with Crippen LogP contribution in [-0.4, -0.2) is 4.98 Å². The highest BCUT2D eigenvalue weighted by molar-refractivity contribution is 14.1. The van der Waals surface area contributed by atoms with Crippen LogP contribution in [0.3, 0.4) is 0 Å². The summed E-state index contributed by atoms with van der Waals surface area (Å²) < 4.78 is 4.89. The minimum Gasteiger partial charge on any atom is -0.309 e. The van der Waals surface area contributed by atoms with Gasteiger partial charge in [0.25, 0.3) is 0 Å². The SMILES string of the molecule is Cc1cc(Cl)nc(COI)c1. The van der Waals surface area contributed by atoms with Crippen LogP contribution in [0, 0.1) is 6.92 Å². The van der Waals surface area contributed by atoms with Gasteiger partial charge in [-0.1, -0.05) is 11.6 Å². The lowest BCUT2D eigenvalue weighted by Gasteiger charge is -1.99. The molecular formula is C7H7ClINO. The van der Waals surface area contributed by atoms with Crippen LogP contribution in [-0.2, 0) is 9.67 Å². The van der Waals surface area contributed by atoms with Gasteiger partial charge < -0.3 is 3.07 Å². The molecule has 0 atom stereocenters. The van der Waals surface area contributed by atoms with Gasteiger partial charge in [0.2, 0.25) is 0 Å². The number of pyridine rings is 1. The first-order valence-corrected chi connectivity index (χ1v) is 4.35. The average molecular weight is 283 g/mol. The molecule has 0 aromatic carbocycles. The standard InChI is InChI=1S/C7H7ClINO/c1-5-2-6(4-11-9)10-7(8)3-5/h2-3H,4H2,1H3. The van der Waals surface area contributed by atoms with Crippen molar-refractivity contribution < 1.29 is 3.07 Å².